The minimum Gasteiger partial charge on any atom is -0.410 e. The van der Waals surface area contributed by atoms with E-state index in [1.54, 1.807) is 35.1 Å². The van der Waals surface area contributed by atoms with Crippen LogP contribution in [0, 0.1) is 0 Å². The molecule has 1 aliphatic rings. The van der Waals surface area contributed by atoms with Gasteiger partial charge in [-0.3, -0.25) is 4.68 Å². The van der Waals surface area contributed by atoms with Crippen molar-refractivity contribution in [2.75, 3.05) is 13.7 Å². The minimum absolute atomic E-state index is 0.0262. The summed E-state index contributed by atoms with van der Waals surface area (Å²) in [5.41, 5.74) is 2.20. The number of esters is 1. The predicted molar refractivity (Wildman–Crippen MR) is 92.3 cm³/mol. The Bertz CT molecular complexity index is 877. The number of methoxy groups -OCH3 is 1. The van der Waals surface area contributed by atoms with Gasteiger partial charge in [0.1, 0.15) is 6.61 Å². The normalized spacial score (nSPS) is 19.2. The van der Waals surface area contributed by atoms with Crippen molar-refractivity contribution >= 4 is 11.7 Å². The van der Waals surface area contributed by atoms with Crippen LogP contribution < -0.4 is 0 Å². The molecule has 1 atom stereocenters. The van der Waals surface area contributed by atoms with Crippen molar-refractivity contribution in [2.24, 2.45) is 5.16 Å². The fraction of sp³-hybridized carbons (Fsp3) is 0.389. The highest BCUT2D eigenvalue weighted by atomic mass is 19.4. The van der Waals surface area contributed by atoms with Crippen molar-refractivity contribution in [1.29, 1.82) is 0 Å². The molecular formula is C18H18F3N3O4. The van der Waals surface area contributed by atoms with Crippen molar-refractivity contribution in [1.82, 2.24) is 9.78 Å². The second-order valence-electron chi connectivity index (χ2n) is 6.13. The van der Waals surface area contributed by atoms with Gasteiger partial charge >= 0.3 is 17.9 Å². The molecule has 2 heterocycles. The quantitative estimate of drug-likeness (QED) is 0.700. The van der Waals surface area contributed by atoms with Gasteiger partial charge in [0, 0.05) is 25.4 Å². The van der Waals surface area contributed by atoms with Crippen LogP contribution in [0.5, 0.6) is 0 Å². The van der Waals surface area contributed by atoms with Crippen molar-refractivity contribution in [3.8, 4) is 11.1 Å². The number of benzene rings is 1. The van der Waals surface area contributed by atoms with Gasteiger partial charge < -0.3 is 14.3 Å². The Morgan fingerprint density at radius 3 is 2.50 bits per heavy atom. The zero-order chi connectivity index (χ0) is 20.4. The first kappa shape index (κ1) is 19.9. The predicted octanol–water partition coefficient (Wildman–Crippen LogP) is 3.14. The number of hydrogen-bond acceptors (Lipinski definition) is 6. The molecule has 0 spiro atoms. The van der Waals surface area contributed by atoms with Crippen LogP contribution in [0.2, 0.25) is 0 Å². The molecule has 0 aliphatic carbocycles. The number of carbonyl (C=O) groups is 1. The molecule has 1 unspecified atom stereocenters. The lowest BCUT2D eigenvalue weighted by molar-refractivity contribution is -0.358. The Labute approximate surface area is 158 Å². The average Bonchev–Trinajstić information content (AvgIpc) is 3.29. The van der Waals surface area contributed by atoms with Gasteiger partial charge in [-0.1, -0.05) is 29.4 Å². The highest BCUT2D eigenvalue weighted by molar-refractivity contribution is 6.02. The van der Waals surface area contributed by atoms with Gasteiger partial charge in [-0.05, 0) is 18.1 Å². The van der Waals surface area contributed by atoms with E-state index < -0.39 is 31.0 Å². The van der Waals surface area contributed by atoms with Gasteiger partial charge in [0.2, 0.25) is 0 Å². The zero-order valence-electron chi connectivity index (χ0n) is 15.2. The number of nitrogens with zero attached hydrogens (tertiary/aromatic N) is 3. The van der Waals surface area contributed by atoms with Crippen LogP contribution in [-0.4, -0.2) is 47.1 Å². The number of aryl methyl sites for hydroxylation is 1. The summed E-state index contributed by atoms with van der Waals surface area (Å²) in [6, 6.07) is 6.76. The molecule has 10 heteroatoms. The third-order valence-corrected chi connectivity index (χ3v) is 4.18. The van der Waals surface area contributed by atoms with E-state index in [0.29, 0.717) is 5.56 Å². The van der Waals surface area contributed by atoms with E-state index in [4.69, 9.17) is 0 Å². The molecule has 0 saturated heterocycles. The second-order valence-corrected chi connectivity index (χ2v) is 6.13. The minimum atomic E-state index is -4.96. The molecule has 1 aromatic carbocycles. The van der Waals surface area contributed by atoms with E-state index >= 15 is 0 Å². The molecule has 0 amide bonds. The third kappa shape index (κ3) is 3.86. The average molecular weight is 397 g/mol. The topological polar surface area (TPSA) is 74.9 Å². The molecule has 0 bridgehead atoms. The number of oxime groups is 1. The first-order chi connectivity index (χ1) is 13.3. The molecular weight excluding hydrogens is 379 g/mol. The van der Waals surface area contributed by atoms with E-state index in [-0.39, 0.29) is 5.71 Å². The van der Waals surface area contributed by atoms with Gasteiger partial charge in [0.15, 0.2) is 0 Å². The Morgan fingerprint density at radius 2 is 1.93 bits per heavy atom. The van der Waals surface area contributed by atoms with E-state index in [1.807, 2.05) is 13.1 Å². The van der Waals surface area contributed by atoms with Crippen LogP contribution in [0.15, 0.2) is 41.8 Å². The van der Waals surface area contributed by atoms with Crippen molar-refractivity contribution in [2.45, 2.75) is 31.9 Å². The van der Waals surface area contributed by atoms with Gasteiger partial charge in [0.25, 0.3) is 0 Å². The van der Waals surface area contributed by atoms with E-state index in [0.717, 1.165) is 17.7 Å². The molecule has 1 aromatic heterocycles. The van der Waals surface area contributed by atoms with Crippen LogP contribution >= 0.6 is 0 Å². The maximum Gasteiger partial charge on any atom is 0.470 e. The Hall–Kier alpha value is -2.88. The Balaban J connectivity index is 1.78. The van der Waals surface area contributed by atoms with Gasteiger partial charge in [-0.2, -0.15) is 18.3 Å². The largest absolute Gasteiger partial charge is 0.470 e. The lowest BCUT2D eigenvalue weighted by atomic mass is 10.00. The number of aromatic nitrogens is 2. The van der Waals surface area contributed by atoms with Crippen molar-refractivity contribution in [3.63, 3.8) is 0 Å². The van der Waals surface area contributed by atoms with E-state index in [2.05, 4.69) is 24.6 Å². The van der Waals surface area contributed by atoms with Crippen molar-refractivity contribution < 1.29 is 32.3 Å². The molecule has 7 nitrogen and oxygen atoms in total. The summed E-state index contributed by atoms with van der Waals surface area (Å²) >= 11 is 0. The standard InChI is InChI=1S/C18H18F3N3O4/c1-3-24-10-14(9-22-24)12-4-6-13(7-5-12)15-8-17(28-23-15,18(19,20)21)27-16(25)11-26-2/h4-7,9-10H,3,8,11H2,1-2H3. The molecule has 0 N–H and O–H groups in total. The highest BCUT2D eigenvalue weighted by Gasteiger charge is 2.65. The maximum atomic E-state index is 13.5. The van der Waals surface area contributed by atoms with Gasteiger partial charge in [-0.15, -0.1) is 0 Å². The summed E-state index contributed by atoms with van der Waals surface area (Å²) in [5, 5.41) is 7.71. The first-order valence-corrected chi connectivity index (χ1v) is 8.44. The van der Waals surface area contributed by atoms with Crippen LogP contribution in [0.1, 0.15) is 18.9 Å². The molecule has 0 radical (unpaired) electrons. The van der Waals surface area contributed by atoms with E-state index in [9.17, 15) is 18.0 Å². The number of halogens is 3. The molecule has 150 valence electrons. The maximum absolute atomic E-state index is 13.5. The number of hydrogen-bond donors (Lipinski definition) is 0. The van der Waals surface area contributed by atoms with Crippen LogP contribution in [0.4, 0.5) is 13.2 Å². The molecule has 28 heavy (non-hydrogen) atoms. The summed E-state index contributed by atoms with van der Waals surface area (Å²) in [7, 11) is 1.17. The fourth-order valence-electron chi connectivity index (χ4n) is 2.70. The lowest BCUT2D eigenvalue weighted by Gasteiger charge is -2.28. The number of rotatable bonds is 6. The first-order valence-electron chi connectivity index (χ1n) is 8.44. The Morgan fingerprint density at radius 1 is 1.25 bits per heavy atom. The van der Waals surface area contributed by atoms with Crippen molar-refractivity contribution in [3.05, 3.63) is 42.2 Å². The summed E-state index contributed by atoms with van der Waals surface area (Å²) in [4.78, 5) is 16.1. The fourth-order valence-corrected chi connectivity index (χ4v) is 2.70. The monoisotopic (exact) mass is 397 g/mol. The summed E-state index contributed by atoms with van der Waals surface area (Å²) in [6.07, 6.45) is -2.14. The van der Waals surface area contributed by atoms with Gasteiger partial charge in [-0.25, -0.2) is 4.79 Å². The second kappa shape index (κ2) is 7.63. The number of carbonyl (C=O) groups excluding carboxylic acids is 1. The molecule has 3 rings (SSSR count). The number of alkyl halides is 3. The summed E-state index contributed by atoms with van der Waals surface area (Å²) < 4.78 is 51.3. The Kier molecular flexibility index (Phi) is 5.41. The SMILES string of the molecule is CCn1cc(-c2ccc(C3=NOC(OC(=O)COC)(C(F)(F)F)C3)cc2)cn1. The number of ether oxygens (including phenoxy) is 2. The third-order valence-electron chi connectivity index (χ3n) is 4.18. The zero-order valence-corrected chi connectivity index (χ0v) is 15.2. The van der Waals surface area contributed by atoms with Crippen LogP contribution in [0.3, 0.4) is 0 Å². The lowest BCUT2D eigenvalue weighted by Crippen LogP contribution is -2.49. The molecule has 1 aliphatic heterocycles. The summed E-state index contributed by atoms with van der Waals surface area (Å²) in [6.45, 7) is 2.06. The molecule has 0 fully saturated rings. The molecule has 0 saturated carbocycles. The smallest absolute Gasteiger partial charge is 0.410 e. The highest BCUT2D eigenvalue weighted by Crippen LogP contribution is 2.42. The summed E-state index contributed by atoms with van der Waals surface area (Å²) in [5.74, 6) is -4.35. The van der Waals surface area contributed by atoms with Gasteiger partial charge in [0.05, 0.1) is 18.3 Å². The van der Waals surface area contributed by atoms with E-state index in [1.165, 1.54) is 7.11 Å². The van der Waals surface area contributed by atoms with Crippen LogP contribution in [0.25, 0.3) is 11.1 Å². The van der Waals surface area contributed by atoms with Crippen LogP contribution in [-0.2, 0) is 25.7 Å². The molecule has 2 aromatic rings.